The molecule has 1 fully saturated rings. The molecule has 0 saturated heterocycles. The van der Waals surface area contributed by atoms with Crippen LogP contribution in [0, 0.1) is 28.6 Å². The molecule has 0 bridgehead atoms. The van der Waals surface area contributed by atoms with Gasteiger partial charge in [-0.05, 0) is 149 Å². The van der Waals surface area contributed by atoms with Crippen LogP contribution in [-0.2, 0) is 71.4 Å². The number of rotatable bonds is 41. The molecule has 736 valence electrons. The molecule has 0 unspecified atom stereocenters. The van der Waals surface area contributed by atoms with Gasteiger partial charge in [0, 0.05) is 77.1 Å². The molecule has 0 atom stereocenters. The van der Waals surface area contributed by atoms with Gasteiger partial charge in [-0.25, -0.2) is 0 Å². The minimum Gasteiger partial charge on any atom is -0.411 e. The van der Waals surface area contributed by atoms with Crippen molar-refractivity contribution in [1.82, 2.24) is 81.0 Å². The number of nitrogens with one attached hydrogen (secondary N) is 3. The summed E-state index contributed by atoms with van der Waals surface area (Å²) in [6, 6.07) is 86.0. The van der Waals surface area contributed by atoms with Crippen molar-refractivity contribution < 1.29 is 44.0 Å². The van der Waals surface area contributed by atoms with Gasteiger partial charge in [0.25, 0.3) is 0 Å². The Kier molecular flexibility index (Phi) is 44.6. The molecule has 5 N–H and O–H groups in total. The smallest absolute Gasteiger partial charge is 0.227 e. The van der Waals surface area contributed by atoms with E-state index in [1.165, 1.54) is 98.5 Å². The fourth-order valence-corrected chi connectivity index (χ4v) is 28.3. The Morgan fingerprint density at radius 3 is 1.23 bits per heavy atom. The summed E-state index contributed by atoms with van der Waals surface area (Å²) >= 11 is 2.74. The van der Waals surface area contributed by atoms with E-state index < -0.39 is 18.7 Å². The number of aliphatic hydroxyl groups excluding tert-OH is 1. The van der Waals surface area contributed by atoms with Crippen molar-refractivity contribution in [2.75, 3.05) is 40.2 Å². The topological polar surface area (TPSA) is 435 Å². The van der Waals surface area contributed by atoms with E-state index in [2.05, 4.69) is 108 Å². The Morgan fingerprint density at radius 2 is 0.845 bits per heavy atom. The summed E-state index contributed by atoms with van der Waals surface area (Å²) in [5, 5.41) is 85.4. The molecule has 0 aliphatic heterocycles. The van der Waals surface area contributed by atoms with Gasteiger partial charge in [-0.15, -0.1) is 45.6 Å². The van der Waals surface area contributed by atoms with Gasteiger partial charge >= 0.3 is 105 Å². The molecule has 36 heteroatoms. The van der Waals surface area contributed by atoms with Gasteiger partial charge in [0.1, 0.15) is 55.0 Å². The van der Waals surface area contributed by atoms with Crippen molar-refractivity contribution in [1.29, 1.82) is 10.5 Å². The summed E-state index contributed by atoms with van der Waals surface area (Å²) in [6.45, 7) is 8.72. The predicted molar refractivity (Wildman–Crippen MR) is 552 cm³/mol. The Hall–Kier alpha value is -15.4. The molecule has 6 aromatic heterocycles. The molecule has 142 heavy (non-hydrogen) atoms. The van der Waals surface area contributed by atoms with E-state index in [1.807, 2.05) is 237 Å². The Balaban J connectivity index is 0.000000167. The maximum absolute atomic E-state index is 13.2. The first-order valence-electron chi connectivity index (χ1n) is 47.9. The van der Waals surface area contributed by atoms with Crippen molar-refractivity contribution in [2.24, 2.45) is 9.25 Å². The number of amides is 3. The summed E-state index contributed by atoms with van der Waals surface area (Å²) in [6.07, 6.45) is 25.1. The van der Waals surface area contributed by atoms with Gasteiger partial charge < -0.3 is 39.9 Å². The third-order valence-electron chi connectivity index (χ3n) is 23.6. The summed E-state index contributed by atoms with van der Waals surface area (Å²) in [7, 11) is 1.00. The number of aryl methyl sites for hydroxylation is 3. The number of anilines is 4. The third-order valence-corrected chi connectivity index (χ3v) is 36.3. The molecule has 16 aromatic rings. The molecule has 1 saturated carbocycles. The predicted octanol–water partition coefficient (Wildman–Crippen LogP) is 20.4. The zero-order valence-corrected chi connectivity index (χ0v) is 84.2. The maximum Gasteiger partial charge on any atom is 0.227 e. The van der Waals surface area contributed by atoms with Crippen LogP contribution in [0.15, 0.2) is 283 Å². The average Bonchev–Trinajstić information content (AvgIpc) is 1.65. The van der Waals surface area contributed by atoms with Crippen molar-refractivity contribution in [2.45, 2.75) is 189 Å². The van der Waals surface area contributed by atoms with Crippen molar-refractivity contribution in [3.8, 4) is 12.1 Å². The van der Waals surface area contributed by atoms with E-state index in [4.69, 9.17) is 42.0 Å². The number of aliphatic hydroxyl groups is 1. The van der Waals surface area contributed by atoms with Gasteiger partial charge in [0.15, 0.2) is 11.6 Å². The number of hydrogen-bond acceptors (Lipinski definition) is 23. The van der Waals surface area contributed by atoms with Crippen LogP contribution in [0.25, 0.3) is 54.1 Å². The van der Waals surface area contributed by atoms with Crippen molar-refractivity contribution >= 4 is 120 Å². The average molecular weight is 2040 g/mol. The van der Waals surface area contributed by atoms with E-state index in [0.717, 1.165) is 113 Å². The quantitative estimate of drug-likeness (QED) is 0.00452. The zero-order chi connectivity index (χ0) is 100. The van der Waals surface area contributed by atoms with Gasteiger partial charge in [-0.3, -0.25) is 24.1 Å². The van der Waals surface area contributed by atoms with Gasteiger partial charge in [0.05, 0.1) is 50.0 Å². The first-order valence-corrected chi connectivity index (χ1v) is 55.6. The molecule has 1 aliphatic carbocycles. The number of azide groups is 1. The van der Waals surface area contributed by atoms with Crippen molar-refractivity contribution in [3.63, 3.8) is 0 Å². The van der Waals surface area contributed by atoms with Crippen LogP contribution in [0.1, 0.15) is 169 Å². The van der Waals surface area contributed by atoms with Crippen LogP contribution < -0.4 is 34.5 Å². The van der Waals surface area contributed by atoms with Crippen LogP contribution in [0.3, 0.4) is 0 Å². The molecule has 17 rings (SSSR count). The second kappa shape index (κ2) is 59.2. The minimum absolute atomic E-state index is 0.0131. The summed E-state index contributed by atoms with van der Waals surface area (Å²) in [5.74, 6) is 1.43. The van der Waals surface area contributed by atoms with Crippen molar-refractivity contribution in [3.05, 3.63) is 335 Å². The standard InChI is InChI=1S/C25H23N7O2.C25H28N4O2.C18H17N7O2.C16H14N4O.C9H9ClO.3C4H9.CH4O.N3.Sn/c33-25(14-11-19-7-3-1-4-8-19)31(17-24-27-29-30-28-24)22-12-13-23-21(15-22)16-26-32(23)34-18-20-9-5-2-6-10-20;26-15-16-28(25(30)14-11-20-7-3-1-4-8-20)23-12-13-24-22(17-23)18-27-29(24)31-19-21-9-5-2-6-10-21;26-18(9-6-13-4-2-1-3-5-13)24(12-17-20-22-23-21-17)15-7-8-16-14(10-15)11-19-25(16)27;17-8-9-18-15-6-7-16-14(10-15)11-19-20(16)21-12-13-4-2-1-3-5-13;10-9(11)7-6-8-4-2-1-3-5-8;3*1-3-4-2;1-2;1-3-2;/h1-10,12-13,15-16H,11,14,17-18H2,(H,27,28,29,30);2,5-6,9-10,12-13,17-18,20H,1,3-4,7-8,11,14,16,19H2;1-5,7-8,10-11,27H,6,9,12H2,(H,20,21,22,23);1-7,10-11,18H,9,12H2;1-5H,6-7H2;3*1,3-4H2,2H3;2H,1H3;;/q;;;;;;;;;-1;+1. The van der Waals surface area contributed by atoms with E-state index in [-0.39, 0.29) is 49.1 Å². The number of unbranched alkanes of at least 4 members (excludes halogenated alkanes) is 3. The maximum atomic E-state index is 13.2. The van der Waals surface area contributed by atoms with Gasteiger partial charge in [-0.1, -0.05) is 239 Å². The number of H-pyrrole nitrogens is 2. The molecule has 0 spiro atoms. The molecule has 1 aliphatic rings. The summed E-state index contributed by atoms with van der Waals surface area (Å²) in [5.41, 5.74) is 21.5. The minimum atomic E-state index is -2.45. The van der Waals surface area contributed by atoms with Gasteiger partial charge in [0.2, 0.25) is 23.0 Å². The van der Waals surface area contributed by atoms with Crippen LogP contribution in [0.5, 0.6) is 0 Å². The number of tetrazole rings is 2. The Labute approximate surface area is 835 Å². The number of nitrogens with zero attached hydrogens (tertiary/aromatic N) is 22. The number of nitriles is 2. The monoisotopic (exact) mass is 2040 g/mol. The molecule has 3 amide bonds. The second-order valence-corrected chi connectivity index (χ2v) is 46.0. The number of aromatic amines is 2. The number of fused-ring (bicyclic) bond motifs is 4. The van der Waals surface area contributed by atoms with Crippen LogP contribution >= 0.6 is 11.6 Å². The Bertz CT molecular complexity index is 6560. The number of aromatic nitrogens is 16. The fraction of sp³-hybridized carbons (Fsp3) is 0.321. The van der Waals surface area contributed by atoms with Gasteiger partial charge in [-0.2, -0.15) is 21.0 Å². The first kappa shape index (κ1) is 107. The molecular weight excluding hydrogens is 1920 g/mol. The van der Waals surface area contributed by atoms with E-state index in [0.29, 0.717) is 87.1 Å². The molecular formula is C106H122ClN25O9Sn. The number of benzene rings is 10. The van der Waals surface area contributed by atoms with Crippen LogP contribution in [-0.4, -0.2) is 153 Å². The van der Waals surface area contributed by atoms with E-state index in [1.54, 1.807) is 57.7 Å². The third kappa shape index (κ3) is 34.3. The first-order chi connectivity index (χ1) is 69.6. The van der Waals surface area contributed by atoms with E-state index >= 15 is 0 Å². The molecule has 6 heterocycles. The normalized spacial score (nSPS) is 11.4. The fourth-order valence-electron chi connectivity index (χ4n) is 16.0. The molecule has 10 aromatic carbocycles. The number of carbonyl (C=O) groups excluding carboxylic acids is 4. The Morgan fingerprint density at radius 1 is 0.479 bits per heavy atom. The second-order valence-electron chi connectivity index (χ2n) is 33.7. The van der Waals surface area contributed by atoms with Crippen LogP contribution in [0.4, 0.5) is 22.7 Å². The zero-order valence-electron chi connectivity index (χ0n) is 80.6. The molecule has 0 radical (unpaired) electrons. The SMILES string of the molecule is CCC[CH2][Sn]([CH2]CCC)([CH2]CCC)[N]=[N+]=[N-].CO.N#CCN(C(=O)CCC1CCCCC1)c1ccc2c(cnn2OCc2ccccc2)c1.N#CCNc1ccc2c(cnn2OCc2ccccc2)c1.O=C(CCc1ccccc1)N(Cc1nn[nH]n1)c1ccc2c(cnn2O)c1.O=C(CCc1ccccc1)N(Cc1nn[nH]n1)c1ccc2c(cnn2OCc2ccccc2)c1.O=C(Cl)CCc1ccccc1. The number of halogens is 1. The largest absolute Gasteiger partial charge is 0.411 e. The van der Waals surface area contributed by atoms with Crippen LogP contribution in [0.2, 0.25) is 13.3 Å². The number of carbonyl (C=O) groups is 4. The number of hydrogen-bond donors (Lipinski definition) is 5. The van der Waals surface area contributed by atoms with E-state index in [9.17, 15) is 29.6 Å². The summed E-state index contributed by atoms with van der Waals surface area (Å²) in [4.78, 5) is 80.3. The molecule has 34 nitrogen and oxygen atoms in total. The summed E-state index contributed by atoms with van der Waals surface area (Å²) < 4.78 is 8.18.